The highest BCUT2D eigenvalue weighted by Crippen LogP contribution is 2.46. The molecule has 0 spiro atoms. The Morgan fingerprint density at radius 1 is 1.09 bits per heavy atom. The first-order chi connectivity index (χ1) is 22.4. The summed E-state index contributed by atoms with van der Waals surface area (Å²) < 4.78 is 57.0. The van der Waals surface area contributed by atoms with Crippen LogP contribution in [-0.4, -0.2) is 74.2 Å². The SMILES string of the molecule is Cn1c(-c2cn(C3C=C(F)C3)nc2C(F)(F)F)cnc1C(=O)Nc1ccc(C(=O)N[C@H]2[C@@H]3CN(C(=O)C4CCNCC4)C[C@@H]32)c(Cl)c1. The second-order valence-corrected chi connectivity index (χ2v) is 12.9. The van der Waals surface area contributed by atoms with E-state index in [1.165, 1.54) is 42.1 Å². The summed E-state index contributed by atoms with van der Waals surface area (Å²) in [5, 5.41) is 12.7. The van der Waals surface area contributed by atoms with Gasteiger partial charge in [0.25, 0.3) is 11.8 Å². The number of rotatable bonds is 7. The molecule has 4 aliphatic rings. The number of carbonyl (C=O) groups excluding carboxylic acids is 3. The number of carbonyl (C=O) groups is 3. The van der Waals surface area contributed by atoms with Crippen LogP contribution in [0.1, 0.15) is 52.0 Å². The number of aromatic nitrogens is 4. The first kappa shape index (κ1) is 31.4. The van der Waals surface area contributed by atoms with Gasteiger partial charge in [-0.1, -0.05) is 11.6 Å². The van der Waals surface area contributed by atoms with E-state index in [4.69, 9.17) is 11.6 Å². The number of hydrogen-bond donors (Lipinski definition) is 3. The van der Waals surface area contributed by atoms with Crippen LogP contribution in [0.2, 0.25) is 5.02 Å². The van der Waals surface area contributed by atoms with Gasteiger partial charge in [-0.05, 0) is 50.2 Å². The molecule has 3 N–H and O–H groups in total. The maximum Gasteiger partial charge on any atom is 0.435 e. The van der Waals surface area contributed by atoms with Crippen LogP contribution < -0.4 is 16.0 Å². The van der Waals surface area contributed by atoms with E-state index in [1.807, 2.05) is 4.90 Å². The number of imidazole rings is 1. The summed E-state index contributed by atoms with van der Waals surface area (Å²) >= 11 is 6.42. The fourth-order valence-corrected chi connectivity index (χ4v) is 7.08. The van der Waals surface area contributed by atoms with Gasteiger partial charge < -0.3 is 25.4 Å². The monoisotopic (exact) mass is 674 g/mol. The number of halogens is 5. The minimum atomic E-state index is -4.80. The Labute approximate surface area is 271 Å². The van der Waals surface area contributed by atoms with Crippen molar-refractivity contribution in [3.05, 3.63) is 64.6 Å². The van der Waals surface area contributed by atoms with Gasteiger partial charge in [0.1, 0.15) is 5.83 Å². The van der Waals surface area contributed by atoms with E-state index in [2.05, 4.69) is 26.0 Å². The number of anilines is 1. The molecule has 16 heteroatoms. The molecule has 2 aliphatic carbocycles. The van der Waals surface area contributed by atoms with Crippen LogP contribution in [0.5, 0.6) is 0 Å². The lowest BCUT2D eigenvalue weighted by Gasteiger charge is -2.28. The van der Waals surface area contributed by atoms with Crippen molar-refractivity contribution in [1.29, 1.82) is 0 Å². The second kappa shape index (κ2) is 11.8. The van der Waals surface area contributed by atoms with E-state index >= 15 is 0 Å². The van der Waals surface area contributed by atoms with Crippen molar-refractivity contribution in [3.63, 3.8) is 0 Å². The zero-order valence-electron chi connectivity index (χ0n) is 25.2. The molecule has 2 aromatic heterocycles. The van der Waals surface area contributed by atoms with Crippen molar-refractivity contribution in [1.82, 2.24) is 34.9 Å². The summed E-state index contributed by atoms with van der Waals surface area (Å²) in [6.45, 7) is 2.96. The zero-order chi connectivity index (χ0) is 33.2. The quantitative estimate of drug-likeness (QED) is 0.323. The molecule has 0 bridgehead atoms. The first-order valence-electron chi connectivity index (χ1n) is 15.3. The molecular weight excluding hydrogens is 644 g/mol. The van der Waals surface area contributed by atoms with E-state index in [0.29, 0.717) is 13.1 Å². The summed E-state index contributed by atoms with van der Waals surface area (Å²) in [7, 11) is 1.40. The second-order valence-electron chi connectivity index (χ2n) is 12.5. The third-order valence-corrected chi connectivity index (χ3v) is 9.86. The number of piperidine rings is 2. The lowest BCUT2D eigenvalue weighted by molar-refractivity contribution is -0.141. The third kappa shape index (κ3) is 5.90. The van der Waals surface area contributed by atoms with Gasteiger partial charge in [0.05, 0.1) is 34.1 Å². The third-order valence-electron chi connectivity index (χ3n) is 9.55. The predicted octanol–water partition coefficient (Wildman–Crippen LogP) is 4.19. The molecule has 4 atom stereocenters. The minimum absolute atomic E-state index is 0.00818. The average molecular weight is 675 g/mol. The summed E-state index contributed by atoms with van der Waals surface area (Å²) in [4.78, 5) is 44.9. The van der Waals surface area contributed by atoms with Crippen LogP contribution in [0, 0.1) is 17.8 Å². The number of likely N-dealkylation sites (tertiary alicyclic amines) is 1. The molecule has 0 radical (unpaired) electrons. The lowest BCUT2D eigenvalue weighted by Crippen LogP contribution is -2.43. The van der Waals surface area contributed by atoms with Gasteiger partial charge in [-0.15, -0.1) is 0 Å². The fraction of sp³-hybridized carbons (Fsp3) is 0.452. The largest absolute Gasteiger partial charge is 0.435 e. The highest BCUT2D eigenvalue weighted by atomic mass is 35.5. The highest BCUT2D eigenvalue weighted by Gasteiger charge is 2.57. The average Bonchev–Trinajstić information content (AvgIpc) is 3.45. The number of benzene rings is 1. The van der Waals surface area contributed by atoms with E-state index in [0.717, 1.165) is 36.8 Å². The van der Waals surface area contributed by atoms with Crippen LogP contribution in [-0.2, 0) is 18.0 Å². The molecule has 3 fully saturated rings. The van der Waals surface area contributed by atoms with E-state index in [9.17, 15) is 31.9 Å². The number of alkyl halides is 3. The van der Waals surface area contributed by atoms with Crippen LogP contribution in [0.15, 0.2) is 42.5 Å². The van der Waals surface area contributed by atoms with Gasteiger partial charge in [0.15, 0.2) is 11.5 Å². The van der Waals surface area contributed by atoms with Crippen molar-refractivity contribution in [3.8, 4) is 11.3 Å². The fourth-order valence-electron chi connectivity index (χ4n) is 6.81. The van der Waals surface area contributed by atoms with Crippen LogP contribution in [0.3, 0.4) is 0 Å². The molecule has 2 aliphatic heterocycles. The molecule has 11 nitrogen and oxygen atoms in total. The first-order valence-corrected chi connectivity index (χ1v) is 15.7. The Balaban J connectivity index is 0.981. The number of nitrogens with one attached hydrogen (secondary N) is 3. The smallest absolute Gasteiger partial charge is 0.349 e. The van der Waals surface area contributed by atoms with Gasteiger partial charge in [-0.25, -0.2) is 9.37 Å². The van der Waals surface area contributed by atoms with Crippen molar-refractivity contribution < 1.29 is 31.9 Å². The van der Waals surface area contributed by atoms with Crippen molar-refractivity contribution >= 4 is 35.0 Å². The molecule has 248 valence electrons. The molecular formula is C31H31ClF4N8O3. The van der Waals surface area contributed by atoms with E-state index in [-0.39, 0.29) is 75.4 Å². The molecule has 1 unspecified atom stereocenters. The van der Waals surface area contributed by atoms with Crippen molar-refractivity contribution in [2.45, 2.75) is 37.5 Å². The molecule has 7 rings (SSSR count). The number of nitrogens with zero attached hydrogens (tertiary/aromatic N) is 5. The van der Waals surface area contributed by atoms with Gasteiger partial charge in [-0.3, -0.25) is 19.1 Å². The molecule has 47 heavy (non-hydrogen) atoms. The lowest BCUT2D eigenvalue weighted by atomic mass is 9.96. The van der Waals surface area contributed by atoms with Gasteiger partial charge in [-0.2, -0.15) is 18.3 Å². The molecule has 3 amide bonds. The minimum Gasteiger partial charge on any atom is -0.349 e. The number of hydrogen-bond acceptors (Lipinski definition) is 6. The van der Waals surface area contributed by atoms with Gasteiger partial charge >= 0.3 is 6.18 Å². The highest BCUT2D eigenvalue weighted by molar-refractivity contribution is 6.34. The topological polar surface area (TPSA) is 126 Å². The Kier molecular flexibility index (Phi) is 7.86. The Morgan fingerprint density at radius 2 is 1.79 bits per heavy atom. The van der Waals surface area contributed by atoms with Gasteiger partial charge in [0, 0.05) is 62.2 Å². The van der Waals surface area contributed by atoms with E-state index in [1.54, 1.807) is 0 Å². The molecule has 1 aromatic carbocycles. The Bertz CT molecular complexity index is 1780. The standard InChI is InChI=1S/C31H31ClF4N8O3/c1-42-24(22-14-44(18-8-16(33)9-18)41-26(22)31(34,35)36)11-38-27(42)29(46)39-17-2-3-19(23(32)10-17)28(45)40-25-20-12-43(13-21(20)25)30(47)15-4-6-37-7-5-15/h2-3,8,10-11,14-15,18,20-21,25,37H,4-7,9,12-13H2,1H3,(H,39,46)(H,40,45)/t18?,20-,21+,25+. The molecule has 2 saturated heterocycles. The normalized spacial score (nSPS) is 24.0. The van der Waals surface area contributed by atoms with Gasteiger partial charge in [0.2, 0.25) is 5.91 Å². The maximum atomic E-state index is 13.8. The number of allylic oxidation sites excluding steroid dienone is 2. The molecule has 3 aromatic rings. The summed E-state index contributed by atoms with van der Waals surface area (Å²) in [6, 6.07) is 3.70. The predicted molar refractivity (Wildman–Crippen MR) is 162 cm³/mol. The Morgan fingerprint density at radius 3 is 2.43 bits per heavy atom. The Hall–Kier alpha value is -4.24. The number of fused-ring (bicyclic) bond motifs is 1. The van der Waals surface area contributed by atoms with Crippen molar-refractivity contribution in [2.75, 3.05) is 31.5 Å². The summed E-state index contributed by atoms with van der Waals surface area (Å²) in [6.07, 6.45) is 0.331. The summed E-state index contributed by atoms with van der Waals surface area (Å²) in [5.74, 6) is -0.992. The van der Waals surface area contributed by atoms with Crippen LogP contribution >= 0.6 is 11.6 Å². The molecule has 4 heterocycles. The zero-order valence-corrected chi connectivity index (χ0v) is 25.9. The van der Waals surface area contributed by atoms with E-state index < -0.39 is 29.6 Å². The number of amides is 3. The summed E-state index contributed by atoms with van der Waals surface area (Å²) in [5.41, 5.74) is -1.02. The molecule has 1 saturated carbocycles. The van der Waals surface area contributed by atoms with Crippen molar-refractivity contribution in [2.24, 2.45) is 24.8 Å². The van der Waals surface area contributed by atoms with Crippen LogP contribution in [0.4, 0.5) is 23.2 Å². The van der Waals surface area contributed by atoms with Crippen LogP contribution in [0.25, 0.3) is 11.3 Å². The maximum absolute atomic E-state index is 13.8.